The number of aromatic nitrogens is 1. The van der Waals surface area contributed by atoms with Gasteiger partial charge in [-0.15, -0.1) is 0 Å². The summed E-state index contributed by atoms with van der Waals surface area (Å²) in [6.07, 6.45) is 4.67. The second-order valence-electron chi connectivity index (χ2n) is 12.5. The minimum Gasteiger partial charge on any atom is -0.480 e. The van der Waals surface area contributed by atoms with Crippen molar-refractivity contribution in [3.05, 3.63) is 137 Å². The number of nitrogens with one attached hydrogen (secondary N) is 2. The molecule has 51 heavy (non-hydrogen) atoms. The van der Waals surface area contributed by atoms with Crippen LogP contribution in [0.15, 0.2) is 109 Å². The molecular formula is C39H40ClN4O7+. The van der Waals surface area contributed by atoms with Crippen LogP contribution in [0, 0.1) is 0 Å². The van der Waals surface area contributed by atoms with Crippen molar-refractivity contribution in [1.29, 1.82) is 0 Å². The molecule has 3 aromatic carbocycles. The van der Waals surface area contributed by atoms with Gasteiger partial charge in [-0.3, -0.25) is 19.3 Å². The van der Waals surface area contributed by atoms with Crippen LogP contribution in [-0.2, 0) is 44.2 Å². The van der Waals surface area contributed by atoms with Crippen molar-refractivity contribution in [2.75, 3.05) is 7.05 Å². The largest absolute Gasteiger partial charge is 0.480 e. The molecule has 3 atom stereocenters. The van der Waals surface area contributed by atoms with Gasteiger partial charge < -0.3 is 20.5 Å². The van der Waals surface area contributed by atoms with Crippen LogP contribution in [0.2, 0.25) is 5.02 Å². The molecule has 11 nitrogen and oxygen atoms in total. The van der Waals surface area contributed by atoms with Gasteiger partial charge in [-0.25, -0.2) is 9.59 Å². The van der Waals surface area contributed by atoms with Gasteiger partial charge in [0.15, 0.2) is 18.2 Å². The maximum Gasteiger partial charge on any atom is 0.415 e. The Morgan fingerprint density at radius 2 is 1.49 bits per heavy atom. The van der Waals surface area contributed by atoms with Crippen molar-refractivity contribution >= 4 is 41.3 Å². The van der Waals surface area contributed by atoms with E-state index in [1.165, 1.54) is 22.7 Å². The predicted molar refractivity (Wildman–Crippen MR) is 189 cm³/mol. The van der Waals surface area contributed by atoms with E-state index in [0.29, 0.717) is 23.4 Å². The van der Waals surface area contributed by atoms with Gasteiger partial charge in [0.1, 0.15) is 23.2 Å². The number of Topliss-reactive ketones (excluding diaryl/α,β-unsaturated/α-hetero) is 1. The Morgan fingerprint density at radius 1 is 0.863 bits per heavy atom. The summed E-state index contributed by atoms with van der Waals surface area (Å²) in [7, 11) is 1.52. The second kappa shape index (κ2) is 16.9. The predicted octanol–water partition coefficient (Wildman–Crippen LogP) is 4.85. The highest BCUT2D eigenvalue weighted by Crippen LogP contribution is 2.42. The van der Waals surface area contributed by atoms with Gasteiger partial charge in [0.05, 0.1) is 0 Å². The van der Waals surface area contributed by atoms with E-state index in [1.54, 1.807) is 79.0 Å². The van der Waals surface area contributed by atoms with Crippen molar-refractivity contribution in [3.63, 3.8) is 0 Å². The molecule has 1 unspecified atom stereocenters. The lowest BCUT2D eigenvalue weighted by Crippen LogP contribution is -2.55. The van der Waals surface area contributed by atoms with Crippen LogP contribution in [0.1, 0.15) is 52.7 Å². The number of carboxylic acids is 1. The lowest BCUT2D eigenvalue weighted by atomic mass is 9.74. The number of carbonyl (C=O) groups excluding carboxylic acids is 4. The summed E-state index contributed by atoms with van der Waals surface area (Å²) in [5, 5.41) is 15.6. The number of rotatable bonds is 13. The summed E-state index contributed by atoms with van der Waals surface area (Å²) in [6.45, 7) is -0.273. The minimum absolute atomic E-state index is 0.0637. The Labute approximate surface area is 301 Å². The fourth-order valence-electron chi connectivity index (χ4n) is 6.37. The van der Waals surface area contributed by atoms with Crippen molar-refractivity contribution in [1.82, 2.24) is 15.5 Å². The normalized spacial score (nSPS) is 16.7. The number of likely N-dealkylation sites (N-methyl/N-ethyl adjacent to an activating group) is 1. The fourth-order valence-corrected chi connectivity index (χ4v) is 6.66. The Hall–Kier alpha value is -5.55. The molecule has 5 rings (SSSR count). The number of ketones is 1. The highest BCUT2D eigenvalue weighted by atomic mass is 35.5. The molecule has 3 amide bonds. The Morgan fingerprint density at radius 3 is 2.12 bits per heavy atom. The van der Waals surface area contributed by atoms with E-state index >= 15 is 0 Å². The van der Waals surface area contributed by atoms with Crippen molar-refractivity contribution in [2.24, 2.45) is 0 Å². The molecule has 0 radical (unpaired) electrons. The van der Waals surface area contributed by atoms with Crippen LogP contribution in [-0.4, -0.2) is 58.8 Å². The summed E-state index contributed by atoms with van der Waals surface area (Å²) in [5.41, 5.74) is 0.944. The monoisotopic (exact) mass is 711 g/mol. The van der Waals surface area contributed by atoms with Crippen molar-refractivity contribution in [2.45, 2.75) is 62.9 Å². The summed E-state index contributed by atoms with van der Waals surface area (Å²) >= 11 is 6.53. The SMILES string of the molecule is CN(C(=O)OC[n+]1cccc(C(=O)N[C@@H](Cc2ccccc2)C(=O)N[C@@H](Cc2ccccc2)C(=O)O)c1)C1(c2ccccc2Cl)CCCCC1=O. The summed E-state index contributed by atoms with van der Waals surface area (Å²) in [6, 6.07) is 25.8. The van der Waals surface area contributed by atoms with Gasteiger partial charge in [-0.05, 0) is 42.5 Å². The number of nitrogens with zero attached hydrogens (tertiary/aromatic N) is 2. The standard InChI is InChI=1S/C39H39ClN4O7/c1-43(39(21-11-10-20-34(39)45)30-18-8-9-19-31(30)40)38(50)51-26-44-22-12-17-29(25-44)35(46)41-32(23-27-13-4-2-5-14-27)36(47)42-33(37(48)49)24-28-15-6-3-7-16-28/h2-9,12-19,22,25,32-33H,10-11,20-21,23-24,26H2,1H3,(H2-,41,42,46,47,48,49)/p+1/t32-,33-,39?/m0/s1. The zero-order chi connectivity index (χ0) is 36.4. The number of amides is 3. The van der Waals surface area contributed by atoms with E-state index in [4.69, 9.17) is 16.3 Å². The second-order valence-corrected chi connectivity index (χ2v) is 12.9. The third kappa shape index (κ3) is 8.98. The van der Waals surface area contributed by atoms with E-state index in [2.05, 4.69) is 10.6 Å². The number of ether oxygens (including phenoxy) is 1. The lowest BCUT2D eigenvalue weighted by molar-refractivity contribution is -0.727. The van der Waals surface area contributed by atoms with Crippen LogP contribution in [0.3, 0.4) is 0 Å². The van der Waals surface area contributed by atoms with Gasteiger partial charge in [0, 0.05) is 43.0 Å². The Kier molecular flexibility index (Phi) is 12.2. The third-order valence-corrected chi connectivity index (χ3v) is 9.41. The number of halogens is 1. The van der Waals surface area contributed by atoms with E-state index in [-0.39, 0.29) is 30.9 Å². The van der Waals surface area contributed by atoms with Crippen LogP contribution < -0.4 is 15.2 Å². The smallest absolute Gasteiger partial charge is 0.415 e. The summed E-state index contributed by atoms with van der Waals surface area (Å²) in [5.74, 6) is -2.56. The quantitative estimate of drug-likeness (QED) is 0.168. The molecule has 3 N–H and O–H groups in total. The summed E-state index contributed by atoms with van der Waals surface area (Å²) in [4.78, 5) is 67.4. The first-order valence-electron chi connectivity index (χ1n) is 16.7. The molecule has 1 aliphatic rings. The van der Waals surface area contributed by atoms with Crippen LogP contribution in [0.4, 0.5) is 4.79 Å². The van der Waals surface area contributed by atoms with E-state index in [9.17, 15) is 29.1 Å². The number of hydrogen-bond acceptors (Lipinski definition) is 6. The molecule has 1 heterocycles. The molecule has 12 heteroatoms. The van der Waals surface area contributed by atoms with Gasteiger partial charge in [-0.1, -0.05) is 90.5 Å². The first kappa shape index (κ1) is 36.7. The summed E-state index contributed by atoms with van der Waals surface area (Å²) < 4.78 is 7.11. The highest BCUT2D eigenvalue weighted by Gasteiger charge is 2.48. The van der Waals surface area contributed by atoms with E-state index < -0.39 is 41.5 Å². The fraction of sp³-hybridized carbons (Fsp3) is 0.282. The maximum atomic E-state index is 13.5. The maximum absolute atomic E-state index is 13.5. The van der Waals surface area contributed by atoms with Crippen molar-refractivity contribution in [3.8, 4) is 0 Å². The number of aliphatic carboxylic acids is 1. The average Bonchev–Trinajstić information content (AvgIpc) is 3.14. The first-order valence-corrected chi connectivity index (χ1v) is 17.1. The van der Waals surface area contributed by atoms with Gasteiger partial charge in [0.25, 0.3) is 12.6 Å². The van der Waals surface area contributed by atoms with Gasteiger partial charge in [0.2, 0.25) is 5.91 Å². The van der Waals surface area contributed by atoms with Gasteiger partial charge >= 0.3 is 12.1 Å². The molecule has 1 fully saturated rings. The van der Waals surface area contributed by atoms with E-state index in [1.807, 2.05) is 24.3 Å². The zero-order valence-electron chi connectivity index (χ0n) is 28.2. The topological polar surface area (TPSA) is 146 Å². The molecular weight excluding hydrogens is 672 g/mol. The molecule has 0 spiro atoms. The van der Waals surface area contributed by atoms with E-state index in [0.717, 1.165) is 24.0 Å². The first-order chi connectivity index (χ1) is 24.6. The van der Waals surface area contributed by atoms with Crippen LogP contribution in [0.25, 0.3) is 0 Å². The molecule has 0 aliphatic heterocycles. The molecule has 264 valence electrons. The molecule has 4 aromatic rings. The Balaban J connectivity index is 1.29. The molecule has 0 bridgehead atoms. The number of carboxylic acid groups (broad SMARTS) is 1. The Bertz CT molecular complexity index is 1870. The number of benzene rings is 3. The van der Waals surface area contributed by atoms with Gasteiger partial charge in [-0.2, -0.15) is 4.57 Å². The van der Waals surface area contributed by atoms with Crippen LogP contribution >= 0.6 is 11.6 Å². The average molecular weight is 712 g/mol. The third-order valence-electron chi connectivity index (χ3n) is 9.08. The molecule has 1 aliphatic carbocycles. The number of pyridine rings is 1. The molecule has 1 saturated carbocycles. The number of hydrogen-bond donors (Lipinski definition) is 3. The zero-order valence-corrected chi connectivity index (χ0v) is 28.9. The minimum atomic E-state index is -1.27. The highest BCUT2D eigenvalue weighted by molar-refractivity contribution is 6.31. The van der Waals surface area contributed by atoms with Crippen LogP contribution in [0.5, 0.6) is 0 Å². The molecule has 0 saturated heterocycles. The molecule has 1 aromatic heterocycles. The lowest BCUT2D eigenvalue weighted by Gasteiger charge is -2.43. The number of carbonyl (C=O) groups is 5. The van der Waals surface area contributed by atoms with Crippen molar-refractivity contribution < 1.29 is 38.4 Å².